The van der Waals surface area contributed by atoms with Gasteiger partial charge >= 0.3 is 0 Å². The highest BCUT2D eigenvalue weighted by Gasteiger charge is 2.67. The topological polar surface area (TPSA) is 49.7 Å². The Labute approximate surface area is 173 Å². The van der Waals surface area contributed by atoms with Crippen LogP contribution in [0.3, 0.4) is 0 Å². The number of carbonyl (C=O) groups excluding carboxylic acids is 2. The number of hydrogen-bond donors (Lipinski definition) is 0. The molecule has 1 aliphatic heterocycles. The van der Waals surface area contributed by atoms with Gasteiger partial charge in [-0.2, -0.15) is 10.1 Å². The van der Waals surface area contributed by atoms with Crippen molar-refractivity contribution in [2.24, 2.45) is 40.6 Å². The van der Waals surface area contributed by atoms with E-state index in [1.165, 1.54) is 11.4 Å². The lowest BCUT2D eigenvalue weighted by Crippen LogP contribution is -2.40. The smallest absolute Gasteiger partial charge is 0.254 e. The zero-order valence-electron chi connectivity index (χ0n) is 16.3. The van der Waals surface area contributed by atoms with Gasteiger partial charge in [0.1, 0.15) is 0 Å². The van der Waals surface area contributed by atoms with Crippen LogP contribution in [0.2, 0.25) is 0 Å². The molecule has 0 radical (unpaired) electrons. The van der Waals surface area contributed by atoms with Crippen LogP contribution in [-0.2, 0) is 9.59 Å². The number of amides is 2. The van der Waals surface area contributed by atoms with Gasteiger partial charge in [0.15, 0.2) is 0 Å². The zero-order chi connectivity index (χ0) is 20.0. The predicted octanol–water partition coefficient (Wildman–Crippen LogP) is 4.38. The Bertz CT molecular complexity index is 1230. The summed E-state index contributed by atoms with van der Waals surface area (Å²) in [5.41, 5.74) is 0.947. The molecule has 2 amide bonds. The SMILES string of the molecule is O=C1[C@@H]2[C@H]3C=C[C@@H]([C@@H]4C[C@@H]34)[C@H]2C(=O)N1N=Cc1c2ccccc2cc2ccccc12. The van der Waals surface area contributed by atoms with E-state index in [4.69, 9.17) is 0 Å². The average Bonchev–Trinajstić information content (AvgIpc) is 3.56. The van der Waals surface area contributed by atoms with Gasteiger partial charge in [0.25, 0.3) is 11.8 Å². The Morgan fingerprint density at radius 2 is 1.33 bits per heavy atom. The molecule has 1 saturated heterocycles. The Balaban J connectivity index is 1.33. The number of fused-ring (bicyclic) bond motifs is 2. The molecule has 2 saturated carbocycles. The van der Waals surface area contributed by atoms with Gasteiger partial charge in [0.2, 0.25) is 0 Å². The number of nitrogens with zero attached hydrogens (tertiary/aromatic N) is 2. The lowest BCUT2D eigenvalue weighted by molar-refractivity contribution is -0.140. The molecule has 4 heteroatoms. The molecule has 0 spiro atoms. The number of hydrogen-bond acceptors (Lipinski definition) is 3. The molecule has 4 nitrogen and oxygen atoms in total. The van der Waals surface area contributed by atoms with E-state index in [-0.39, 0.29) is 35.5 Å². The third-order valence-electron chi connectivity index (χ3n) is 7.75. The van der Waals surface area contributed by atoms with Gasteiger partial charge in [-0.1, -0.05) is 60.7 Å². The minimum atomic E-state index is -0.210. The third kappa shape index (κ3) is 2.03. The van der Waals surface area contributed by atoms with Gasteiger partial charge < -0.3 is 0 Å². The molecule has 3 fully saturated rings. The normalized spacial score (nSPS) is 33.7. The number of hydrazone groups is 1. The van der Waals surface area contributed by atoms with Crippen molar-refractivity contribution in [1.29, 1.82) is 0 Å². The molecule has 0 unspecified atom stereocenters. The van der Waals surface area contributed by atoms with E-state index in [0.29, 0.717) is 11.8 Å². The number of imide groups is 1. The van der Waals surface area contributed by atoms with Crippen LogP contribution >= 0.6 is 0 Å². The third-order valence-corrected chi connectivity index (χ3v) is 7.75. The molecule has 8 rings (SSSR count). The second-order valence-electron chi connectivity index (χ2n) is 9.12. The van der Waals surface area contributed by atoms with Crippen LogP contribution in [0.25, 0.3) is 21.5 Å². The highest BCUT2D eigenvalue weighted by atomic mass is 16.2. The summed E-state index contributed by atoms with van der Waals surface area (Å²) >= 11 is 0. The first kappa shape index (κ1) is 16.5. The molecule has 6 atom stereocenters. The van der Waals surface area contributed by atoms with E-state index in [2.05, 4.69) is 47.6 Å². The van der Waals surface area contributed by atoms with E-state index >= 15 is 0 Å². The quantitative estimate of drug-likeness (QED) is 0.281. The second-order valence-corrected chi connectivity index (χ2v) is 9.12. The maximum Gasteiger partial charge on any atom is 0.254 e. The van der Waals surface area contributed by atoms with Crippen molar-refractivity contribution in [2.45, 2.75) is 6.42 Å². The molecule has 3 aromatic carbocycles. The van der Waals surface area contributed by atoms with Crippen LogP contribution in [0.1, 0.15) is 12.0 Å². The summed E-state index contributed by atoms with van der Waals surface area (Å²) < 4.78 is 0. The highest BCUT2D eigenvalue weighted by Crippen LogP contribution is 2.65. The van der Waals surface area contributed by atoms with Crippen molar-refractivity contribution in [3.05, 3.63) is 72.3 Å². The average molecular weight is 392 g/mol. The van der Waals surface area contributed by atoms with Crippen molar-refractivity contribution in [3.8, 4) is 0 Å². The van der Waals surface area contributed by atoms with Crippen molar-refractivity contribution in [3.63, 3.8) is 0 Å². The molecule has 3 aromatic rings. The predicted molar refractivity (Wildman–Crippen MR) is 116 cm³/mol. The molecule has 1 heterocycles. The Kier molecular flexibility index (Phi) is 3.12. The van der Waals surface area contributed by atoms with Crippen LogP contribution < -0.4 is 0 Å². The van der Waals surface area contributed by atoms with E-state index < -0.39 is 0 Å². The summed E-state index contributed by atoms with van der Waals surface area (Å²) in [4.78, 5) is 26.4. The van der Waals surface area contributed by atoms with Gasteiger partial charge in [-0.05, 0) is 57.7 Å². The standard InChI is InChI=1S/C26H20N2O2/c29-25-23-18-9-10-19(21-12-20(18)21)24(23)26(30)28(25)27-13-22-16-7-3-1-5-14(16)11-15-6-2-4-8-17(15)22/h1-11,13,18-21,23-24H,12H2/t18-,19-,20-,21-,23+,24+/m0/s1. The molecule has 30 heavy (non-hydrogen) atoms. The second kappa shape index (κ2) is 5.66. The molecular weight excluding hydrogens is 372 g/mol. The van der Waals surface area contributed by atoms with Crippen LogP contribution in [0, 0.1) is 35.5 Å². The van der Waals surface area contributed by atoms with Crippen LogP contribution in [0.15, 0.2) is 71.9 Å². The van der Waals surface area contributed by atoms with Crippen molar-refractivity contribution in [1.82, 2.24) is 5.01 Å². The van der Waals surface area contributed by atoms with Gasteiger partial charge in [0, 0.05) is 5.56 Å². The fraction of sp³-hybridized carbons (Fsp3) is 0.269. The maximum atomic E-state index is 13.2. The van der Waals surface area contributed by atoms with Crippen LogP contribution in [-0.4, -0.2) is 23.0 Å². The van der Waals surface area contributed by atoms with Gasteiger partial charge in [0.05, 0.1) is 18.1 Å². The number of benzene rings is 3. The number of rotatable bonds is 2. The lowest BCUT2D eigenvalue weighted by Gasteiger charge is -2.37. The van der Waals surface area contributed by atoms with Gasteiger partial charge in [-0.15, -0.1) is 0 Å². The molecule has 4 aliphatic carbocycles. The van der Waals surface area contributed by atoms with E-state index in [1.807, 2.05) is 24.3 Å². The minimum absolute atomic E-state index is 0.115. The molecule has 0 N–H and O–H groups in total. The summed E-state index contributed by atoms with van der Waals surface area (Å²) in [6.45, 7) is 0. The Hall–Kier alpha value is -3.27. The van der Waals surface area contributed by atoms with Crippen molar-refractivity contribution < 1.29 is 9.59 Å². The zero-order valence-corrected chi connectivity index (χ0v) is 16.3. The monoisotopic (exact) mass is 392 g/mol. The van der Waals surface area contributed by atoms with E-state index in [9.17, 15) is 9.59 Å². The summed E-state index contributed by atoms with van der Waals surface area (Å²) in [6, 6.07) is 18.5. The van der Waals surface area contributed by atoms with E-state index in [1.54, 1.807) is 6.21 Å². The Morgan fingerprint density at radius 1 is 0.800 bits per heavy atom. The largest absolute Gasteiger partial charge is 0.272 e. The first-order valence-electron chi connectivity index (χ1n) is 10.7. The van der Waals surface area contributed by atoms with Crippen LogP contribution in [0.5, 0.6) is 0 Å². The molecule has 2 bridgehead atoms. The van der Waals surface area contributed by atoms with Crippen LogP contribution in [0.4, 0.5) is 0 Å². The Morgan fingerprint density at radius 3 is 1.90 bits per heavy atom. The molecule has 5 aliphatic rings. The number of allylic oxidation sites excluding steroid dienone is 2. The first-order chi connectivity index (χ1) is 14.7. The summed E-state index contributed by atoms with van der Waals surface area (Å²) in [5, 5.41) is 10.0. The minimum Gasteiger partial charge on any atom is -0.272 e. The molecule has 0 aromatic heterocycles. The van der Waals surface area contributed by atoms with Gasteiger partial charge in [-0.3, -0.25) is 9.59 Å². The fourth-order valence-corrected chi connectivity index (χ4v) is 6.36. The molecule has 146 valence electrons. The van der Waals surface area contributed by atoms with E-state index in [0.717, 1.165) is 27.1 Å². The number of carbonyl (C=O) groups is 2. The summed E-state index contributed by atoms with van der Waals surface area (Å²) in [5.74, 6) is 0.995. The fourth-order valence-electron chi connectivity index (χ4n) is 6.36. The summed E-state index contributed by atoms with van der Waals surface area (Å²) in [6.07, 6.45) is 7.27. The highest BCUT2D eigenvalue weighted by molar-refractivity contribution is 6.14. The van der Waals surface area contributed by atoms with Crippen molar-refractivity contribution in [2.75, 3.05) is 0 Å². The van der Waals surface area contributed by atoms with Gasteiger partial charge in [-0.25, -0.2) is 0 Å². The maximum absolute atomic E-state index is 13.2. The summed E-state index contributed by atoms with van der Waals surface area (Å²) in [7, 11) is 0. The molecular formula is C26H20N2O2. The van der Waals surface area contributed by atoms with Crippen molar-refractivity contribution >= 4 is 39.6 Å². The first-order valence-corrected chi connectivity index (χ1v) is 10.7. The lowest BCUT2D eigenvalue weighted by atomic mass is 9.63.